The Kier molecular flexibility index (Phi) is 1.92. The van der Waals surface area contributed by atoms with Crippen molar-refractivity contribution in [2.45, 2.75) is 25.7 Å². The van der Waals surface area contributed by atoms with Crippen molar-refractivity contribution >= 4 is 0 Å². The standard InChI is InChI=1S/C12H16/c1-3-9-8-10-6-5-7-12(10)11(9)4-2/h3-4,10,12H,1-2,5-8H2. The Balaban J connectivity index is 2.30. The van der Waals surface area contributed by atoms with Crippen LogP contribution >= 0.6 is 0 Å². The number of hydrogen-bond donors (Lipinski definition) is 0. The van der Waals surface area contributed by atoms with Crippen molar-refractivity contribution in [2.75, 3.05) is 0 Å². The predicted octanol–water partition coefficient (Wildman–Crippen LogP) is 3.48. The van der Waals surface area contributed by atoms with Crippen LogP contribution in [0.5, 0.6) is 0 Å². The van der Waals surface area contributed by atoms with Gasteiger partial charge in [-0.25, -0.2) is 0 Å². The average molecular weight is 160 g/mol. The molecule has 0 heterocycles. The normalized spacial score (nSPS) is 33.7. The first-order valence-electron chi connectivity index (χ1n) is 4.84. The second-order valence-corrected chi connectivity index (χ2v) is 3.89. The van der Waals surface area contributed by atoms with Gasteiger partial charge in [-0.1, -0.05) is 31.7 Å². The van der Waals surface area contributed by atoms with Crippen LogP contribution < -0.4 is 0 Å². The topological polar surface area (TPSA) is 0 Å². The van der Waals surface area contributed by atoms with Gasteiger partial charge in [-0.2, -0.15) is 0 Å². The van der Waals surface area contributed by atoms with Crippen molar-refractivity contribution in [3.63, 3.8) is 0 Å². The third-order valence-corrected chi connectivity index (χ3v) is 3.38. The average Bonchev–Trinajstić information content (AvgIpc) is 2.61. The van der Waals surface area contributed by atoms with Gasteiger partial charge in [0.05, 0.1) is 0 Å². The lowest BCUT2D eigenvalue weighted by Gasteiger charge is -2.09. The summed E-state index contributed by atoms with van der Waals surface area (Å²) in [6, 6.07) is 0. The molecule has 0 N–H and O–H groups in total. The van der Waals surface area contributed by atoms with E-state index in [1.54, 1.807) is 0 Å². The molecule has 2 rings (SSSR count). The van der Waals surface area contributed by atoms with Crippen LogP contribution in [0.3, 0.4) is 0 Å². The molecule has 0 saturated heterocycles. The summed E-state index contributed by atoms with van der Waals surface area (Å²) in [6.07, 6.45) is 9.54. The molecule has 0 radical (unpaired) electrons. The molecule has 1 saturated carbocycles. The van der Waals surface area contributed by atoms with E-state index in [0.29, 0.717) is 0 Å². The van der Waals surface area contributed by atoms with Gasteiger partial charge in [0.25, 0.3) is 0 Å². The molecule has 0 nitrogen and oxygen atoms in total. The summed E-state index contributed by atoms with van der Waals surface area (Å²) in [4.78, 5) is 0. The molecule has 0 aromatic rings. The van der Waals surface area contributed by atoms with E-state index in [1.807, 2.05) is 12.2 Å². The summed E-state index contributed by atoms with van der Waals surface area (Å²) >= 11 is 0. The van der Waals surface area contributed by atoms with Crippen LogP contribution in [-0.2, 0) is 0 Å². The van der Waals surface area contributed by atoms with Crippen LogP contribution in [0.15, 0.2) is 36.5 Å². The van der Waals surface area contributed by atoms with E-state index in [9.17, 15) is 0 Å². The van der Waals surface area contributed by atoms with E-state index >= 15 is 0 Å². The van der Waals surface area contributed by atoms with E-state index in [1.165, 1.54) is 36.8 Å². The van der Waals surface area contributed by atoms with Gasteiger partial charge < -0.3 is 0 Å². The third-order valence-electron chi connectivity index (χ3n) is 3.38. The van der Waals surface area contributed by atoms with Crippen LogP contribution in [0.25, 0.3) is 0 Å². The number of rotatable bonds is 2. The van der Waals surface area contributed by atoms with Gasteiger partial charge in [-0.3, -0.25) is 0 Å². The maximum Gasteiger partial charge on any atom is -0.0128 e. The SMILES string of the molecule is C=CC1=C(C=C)C2CCCC2C1. The molecule has 2 aliphatic rings. The monoisotopic (exact) mass is 160 g/mol. The summed E-state index contributed by atoms with van der Waals surface area (Å²) < 4.78 is 0. The van der Waals surface area contributed by atoms with Crippen LogP contribution in [0.1, 0.15) is 25.7 Å². The fourth-order valence-electron chi connectivity index (χ4n) is 2.81. The number of allylic oxidation sites excluding steroid dienone is 4. The van der Waals surface area contributed by atoms with Gasteiger partial charge in [0, 0.05) is 0 Å². The molecule has 0 amide bonds. The second kappa shape index (κ2) is 2.93. The molecule has 0 aromatic heterocycles. The Morgan fingerprint density at radius 2 is 2.00 bits per heavy atom. The molecular formula is C12H16. The maximum atomic E-state index is 3.90. The Morgan fingerprint density at radius 3 is 2.67 bits per heavy atom. The van der Waals surface area contributed by atoms with E-state index in [4.69, 9.17) is 0 Å². The lowest BCUT2D eigenvalue weighted by atomic mass is 9.95. The summed E-state index contributed by atoms with van der Waals surface area (Å²) in [6.45, 7) is 7.76. The van der Waals surface area contributed by atoms with E-state index in [2.05, 4.69) is 13.2 Å². The molecular weight excluding hydrogens is 144 g/mol. The third kappa shape index (κ3) is 0.979. The summed E-state index contributed by atoms with van der Waals surface area (Å²) in [5.74, 6) is 1.75. The molecule has 0 heteroatoms. The summed E-state index contributed by atoms with van der Waals surface area (Å²) in [7, 11) is 0. The van der Waals surface area contributed by atoms with Gasteiger partial charge in [0.15, 0.2) is 0 Å². The molecule has 0 aromatic carbocycles. The van der Waals surface area contributed by atoms with E-state index in [0.717, 1.165) is 11.8 Å². The lowest BCUT2D eigenvalue weighted by Crippen LogP contribution is -2.00. The van der Waals surface area contributed by atoms with Crippen molar-refractivity contribution in [3.05, 3.63) is 36.5 Å². The first-order valence-corrected chi connectivity index (χ1v) is 4.84. The van der Waals surface area contributed by atoms with Gasteiger partial charge >= 0.3 is 0 Å². The van der Waals surface area contributed by atoms with E-state index < -0.39 is 0 Å². The summed E-state index contributed by atoms with van der Waals surface area (Å²) in [5, 5.41) is 0. The zero-order valence-corrected chi connectivity index (χ0v) is 7.55. The Morgan fingerprint density at radius 1 is 1.17 bits per heavy atom. The largest absolute Gasteiger partial charge is 0.0988 e. The fourth-order valence-corrected chi connectivity index (χ4v) is 2.81. The molecule has 64 valence electrons. The van der Waals surface area contributed by atoms with Crippen molar-refractivity contribution in [2.24, 2.45) is 11.8 Å². The first-order chi connectivity index (χ1) is 5.86. The van der Waals surface area contributed by atoms with Gasteiger partial charge in [-0.05, 0) is 42.2 Å². The van der Waals surface area contributed by atoms with Gasteiger partial charge in [-0.15, -0.1) is 0 Å². The first kappa shape index (κ1) is 7.85. The zero-order valence-electron chi connectivity index (χ0n) is 7.55. The highest BCUT2D eigenvalue weighted by Crippen LogP contribution is 2.47. The predicted molar refractivity (Wildman–Crippen MR) is 52.9 cm³/mol. The Bertz CT molecular complexity index is 245. The van der Waals surface area contributed by atoms with Crippen LogP contribution in [-0.4, -0.2) is 0 Å². The zero-order chi connectivity index (χ0) is 8.55. The van der Waals surface area contributed by atoms with Crippen molar-refractivity contribution < 1.29 is 0 Å². The highest BCUT2D eigenvalue weighted by atomic mass is 14.4. The smallest absolute Gasteiger partial charge is 0.0128 e. The maximum absolute atomic E-state index is 3.90. The number of hydrogen-bond acceptors (Lipinski definition) is 0. The highest BCUT2D eigenvalue weighted by Gasteiger charge is 2.35. The minimum atomic E-state index is 0.829. The molecule has 0 bridgehead atoms. The molecule has 0 spiro atoms. The van der Waals surface area contributed by atoms with Crippen LogP contribution in [0.2, 0.25) is 0 Å². The molecule has 1 fully saturated rings. The van der Waals surface area contributed by atoms with Crippen LogP contribution in [0, 0.1) is 11.8 Å². The molecule has 2 atom stereocenters. The Hall–Kier alpha value is -0.780. The van der Waals surface area contributed by atoms with Crippen molar-refractivity contribution in [1.82, 2.24) is 0 Å². The highest BCUT2D eigenvalue weighted by molar-refractivity contribution is 5.39. The van der Waals surface area contributed by atoms with Crippen molar-refractivity contribution in [3.8, 4) is 0 Å². The fraction of sp³-hybridized carbons (Fsp3) is 0.500. The molecule has 12 heavy (non-hydrogen) atoms. The lowest BCUT2D eigenvalue weighted by molar-refractivity contribution is 0.484. The minimum Gasteiger partial charge on any atom is -0.0988 e. The van der Waals surface area contributed by atoms with Crippen molar-refractivity contribution in [1.29, 1.82) is 0 Å². The van der Waals surface area contributed by atoms with Crippen LogP contribution in [0.4, 0.5) is 0 Å². The summed E-state index contributed by atoms with van der Waals surface area (Å²) in [5.41, 5.74) is 2.95. The second-order valence-electron chi connectivity index (χ2n) is 3.89. The van der Waals surface area contributed by atoms with Gasteiger partial charge in [0.2, 0.25) is 0 Å². The number of fused-ring (bicyclic) bond motifs is 1. The molecule has 2 aliphatic carbocycles. The van der Waals surface area contributed by atoms with Gasteiger partial charge in [0.1, 0.15) is 0 Å². The minimum absolute atomic E-state index is 0.829. The quantitative estimate of drug-likeness (QED) is 0.580. The molecule has 2 unspecified atom stereocenters. The van der Waals surface area contributed by atoms with E-state index in [-0.39, 0.29) is 0 Å². The Labute approximate surface area is 74.7 Å². The molecule has 0 aliphatic heterocycles.